The van der Waals surface area contributed by atoms with Crippen molar-refractivity contribution in [2.24, 2.45) is 11.8 Å². The summed E-state index contributed by atoms with van der Waals surface area (Å²) in [5.74, 6) is -2.30. The molecule has 1 aliphatic carbocycles. The Morgan fingerprint density at radius 3 is 2.28 bits per heavy atom. The third-order valence-electron chi connectivity index (χ3n) is 9.72. The largest absolute Gasteiger partial charge is 0.497 e. The summed E-state index contributed by atoms with van der Waals surface area (Å²) < 4.78 is 51.7. The molecule has 6 rings (SSSR count). The Morgan fingerprint density at radius 2 is 1.62 bits per heavy atom. The summed E-state index contributed by atoms with van der Waals surface area (Å²) in [6.07, 6.45) is -11.6. The minimum absolute atomic E-state index is 0.502. The van der Waals surface area contributed by atoms with Crippen molar-refractivity contribution in [2.75, 3.05) is 20.3 Å². The summed E-state index contributed by atoms with van der Waals surface area (Å²) in [5, 5.41) is 62.4. The van der Waals surface area contributed by atoms with Crippen molar-refractivity contribution in [3.05, 3.63) is 48.2 Å². The molecule has 5 aliphatic rings. The van der Waals surface area contributed by atoms with Crippen LogP contribution in [0.3, 0.4) is 0 Å². The molecule has 1 saturated carbocycles. The summed E-state index contributed by atoms with van der Waals surface area (Å²) in [5.41, 5.74) is -0.594. The van der Waals surface area contributed by atoms with Crippen LogP contribution in [0.25, 0.3) is 6.08 Å². The van der Waals surface area contributed by atoms with Gasteiger partial charge in [-0.3, -0.25) is 4.79 Å². The van der Waals surface area contributed by atoms with Crippen molar-refractivity contribution in [3.8, 4) is 5.75 Å². The number of aliphatic hydroxyl groups is 6. The van der Waals surface area contributed by atoms with Crippen molar-refractivity contribution >= 4 is 18.0 Å². The zero-order valence-corrected chi connectivity index (χ0v) is 27.4. The van der Waals surface area contributed by atoms with E-state index in [9.17, 15) is 40.2 Å². The maximum absolute atomic E-state index is 13.0. The number of methoxy groups -OCH3 is 1. The first kappa shape index (κ1) is 36.6. The lowest BCUT2D eigenvalue weighted by Crippen LogP contribution is -2.61. The maximum atomic E-state index is 13.0. The number of hydrogen-bond acceptors (Lipinski definition) is 17. The normalized spacial score (nSPS) is 43.4. The summed E-state index contributed by atoms with van der Waals surface area (Å²) in [6, 6.07) is 6.87. The van der Waals surface area contributed by atoms with E-state index >= 15 is 0 Å². The molecule has 3 saturated heterocycles. The number of hydrogen-bond donors (Lipinski definition) is 6. The highest BCUT2D eigenvalue weighted by Gasteiger charge is 2.77. The molecule has 4 heterocycles. The first-order chi connectivity index (χ1) is 23.9. The molecule has 0 spiro atoms. The number of carbonyl (C=O) groups is 2. The fraction of sp³-hybridized carbons (Fsp3) is 0.636. The van der Waals surface area contributed by atoms with Gasteiger partial charge < -0.3 is 73.3 Å². The Balaban J connectivity index is 1.21. The van der Waals surface area contributed by atoms with Crippen LogP contribution < -0.4 is 4.74 Å². The van der Waals surface area contributed by atoms with Gasteiger partial charge in [0.1, 0.15) is 48.0 Å². The van der Waals surface area contributed by atoms with E-state index in [2.05, 4.69) is 0 Å². The number of rotatable bonds is 11. The summed E-state index contributed by atoms with van der Waals surface area (Å²) in [7, 11) is 1.53. The minimum atomic E-state index is -1.71. The third-order valence-corrected chi connectivity index (χ3v) is 9.72. The quantitative estimate of drug-likeness (QED) is 0.0835. The van der Waals surface area contributed by atoms with Crippen molar-refractivity contribution in [2.45, 2.75) is 99.4 Å². The lowest BCUT2D eigenvalue weighted by molar-refractivity contribution is -0.347. The second kappa shape index (κ2) is 14.8. The molecule has 0 radical (unpaired) electrons. The molecule has 0 bridgehead atoms. The zero-order valence-electron chi connectivity index (χ0n) is 27.4. The zero-order chi connectivity index (χ0) is 35.9. The van der Waals surface area contributed by atoms with Crippen molar-refractivity contribution in [3.63, 3.8) is 0 Å². The van der Waals surface area contributed by atoms with Gasteiger partial charge in [0.2, 0.25) is 6.29 Å². The van der Waals surface area contributed by atoms with E-state index < -0.39 is 122 Å². The first-order valence-corrected chi connectivity index (χ1v) is 16.2. The Labute approximate surface area is 286 Å². The summed E-state index contributed by atoms with van der Waals surface area (Å²) in [4.78, 5) is 24.9. The molecule has 0 unspecified atom stereocenters. The Morgan fingerprint density at radius 1 is 0.880 bits per heavy atom. The maximum Gasteiger partial charge on any atom is 0.331 e. The molecular weight excluding hydrogens is 668 g/mol. The van der Waals surface area contributed by atoms with Crippen LogP contribution in [-0.4, -0.2) is 148 Å². The van der Waals surface area contributed by atoms with Gasteiger partial charge in [-0.05, 0) is 36.8 Å². The van der Waals surface area contributed by atoms with Crippen LogP contribution >= 0.6 is 0 Å². The molecular formula is C33H42O17. The van der Waals surface area contributed by atoms with Gasteiger partial charge in [-0.25, -0.2) is 4.79 Å². The fourth-order valence-electron chi connectivity index (χ4n) is 7.10. The van der Waals surface area contributed by atoms with Crippen molar-refractivity contribution in [1.82, 2.24) is 0 Å². The number of aliphatic hydroxyl groups excluding tert-OH is 6. The highest BCUT2D eigenvalue weighted by Crippen LogP contribution is 2.61. The predicted octanol–water partition coefficient (Wildman–Crippen LogP) is -1.89. The number of esters is 2. The third kappa shape index (κ3) is 6.88. The van der Waals surface area contributed by atoms with E-state index in [1.807, 2.05) is 0 Å². The number of carbonyl (C=O) groups excluding carboxylic acids is 2. The topological polar surface area (TPSA) is 242 Å². The van der Waals surface area contributed by atoms with Gasteiger partial charge in [0.05, 0.1) is 44.7 Å². The van der Waals surface area contributed by atoms with Crippen molar-refractivity contribution < 1.29 is 82.9 Å². The Hall–Kier alpha value is -3.20. The van der Waals surface area contributed by atoms with Crippen LogP contribution in [0.4, 0.5) is 0 Å². The van der Waals surface area contributed by atoms with Gasteiger partial charge >= 0.3 is 11.9 Å². The van der Waals surface area contributed by atoms with E-state index in [0.29, 0.717) is 11.3 Å². The van der Waals surface area contributed by atoms with Crippen LogP contribution in [0.15, 0.2) is 42.7 Å². The van der Waals surface area contributed by atoms with Crippen LogP contribution in [0.2, 0.25) is 0 Å². The minimum Gasteiger partial charge on any atom is -0.497 e. The van der Waals surface area contributed by atoms with E-state index in [4.69, 9.17) is 42.6 Å². The summed E-state index contributed by atoms with van der Waals surface area (Å²) in [6.45, 7) is 1.55. The number of fused-ring (bicyclic) bond motifs is 3. The summed E-state index contributed by atoms with van der Waals surface area (Å²) >= 11 is 0. The van der Waals surface area contributed by atoms with E-state index in [0.717, 1.165) is 6.08 Å². The smallest absolute Gasteiger partial charge is 0.331 e. The molecule has 17 heteroatoms. The monoisotopic (exact) mass is 710 g/mol. The molecule has 4 aliphatic heterocycles. The average Bonchev–Trinajstić information content (AvgIpc) is 3.78. The van der Waals surface area contributed by atoms with E-state index in [1.165, 1.54) is 26.4 Å². The van der Waals surface area contributed by atoms with Crippen LogP contribution in [0.5, 0.6) is 5.75 Å². The SMILES string of the molecule is COc1ccc(/C=C/C(=O)O[C@H]2[C@H](O[C@H]3[C@@H]4C=CO[C@@H](O[C@@H]5O[C@H](CO)[C@@H](O)[C@H](O)[C@H]5O)[C@@H]4[C@@]4(CO)O[C@@H]34)O[C@@H](C)[C@H](OC(C)=O)[C@H]2O)cc1. The van der Waals surface area contributed by atoms with Crippen LogP contribution in [0, 0.1) is 11.8 Å². The number of epoxide rings is 1. The second-order valence-electron chi connectivity index (χ2n) is 12.8. The fourth-order valence-corrected chi connectivity index (χ4v) is 7.10. The predicted molar refractivity (Wildman–Crippen MR) is 163 cm³/mol. The first-order valence-electron chi connectivity index (χ1n) is 16.2. The second-order valence-corrected chi connectivity index (χ2v) is 12.8. The molecule has 50 heavy (non-hydrogen) atoms. The Kier molecular flexibility index (Phi) is 10.8. The number of ether oxygens (including phenoxy) is 9. The molecule has 16 atom stereocenters. The van der Waals surface area contributed by atoms with Gasteiger partial charge in [0.15, 0.2) is 24.8 Å². The molecule has 4 fully saturated rings. The van der Waals surface area contributed by atoms with E-state index in [-0.39, 0.29) is 0 Å². The van der Waals surface area contributed by atoms with Gasteiger partial charge in [-0.1, -0.05) is 12.1 Å². The molecule has 1 aromatic carbocycles. The van der Waals surface area contributed by atoms with Gasteiger partial charge in [-0.2, -0.15) is 0 Å². The van der Waals surface area contributed by atoms with Gasteiger partial charge in [0, 0.05) is 18.9 Å². The molecule has 0 aromatic heterocycles. The van der Waals surface area contributed by atoms with E-state index in [1.54, 1.807) is 37.3 Å². The van der Waals surface area contributed by atoms with Gasteiger partial charge in [0.25, 0.3) is 0 Å². The lowest BCUT2D eigenvalue weighted by Gasteiger charge is -2.44. The average molecular weight is 711 g/mol. The molecule has 1 aromatic rings. The van der Waals surface area contributed by atoms with Crippen molar-refractivity contribution in [1.29, 1.82) is 0 Å². The highest BCUT2D eigenvalue weighted by atomic mass is 16.8. The van der Waals surface area contributed by atoms with Crippen LogP contribution in [0.1, 0.15) is 19.4 Å². The van der Waals surface area contributed by atoms with Gasteiger partial charge in [-0.15, -0.1) is 0 Å². The molecule has 276 valence electrons. The standard InChI is InChI=1S/C33H42O17/c1-14-26(45-15(2)36)25(41)28(47-20(37)9-6-16-4-7-17(42-3)8-5-16)32(44-14)48-27-18-10-11-43-30(21(18)33(13-35)29(27)50-33)49-31-24(40)23(39)22(38)19(12-34)46-31/h4-11,14,18-19,21-32,34-35,38-41H,12-13H2,1-3H3/b9-6+/t14-,18+,19+,21+,22+,23-,24+,25+,26-,27-,28+,29-,30-,31-,32-,33+/m0/s1. The Bertz CT molecular complexity index is 1420. The molecule has 0 amide bonds. The molecule has 17 nitrogen and oxygen atoms in total. The lowest BCUT2D eigenvalue weighted by atomic mass is 9.85. The number of benzene rings is 1. The van der Waals surface area contributed by atoms with Crippen LogP contribution in [-0.2, 0) is 47.5 Å². The molecule has 6 N–H and O–H groups in total. The highest BCUT2D eigenvalue weighted by molar-refractivity contribution is 5.87.